The van der Waals surface area contributed by atoms with E-state index in [1.54, 1.807) is 0 Å². The van der Waals surface area contributed by atoms with E-state index in [2.05, 4.69) is 27.2 Å². The van der Waals surface area contributed by atoms with E-state index < -0.39 is 0 Å². The van der Waals surface area contributed by atoms with Crippen LogP contribution >= 0.6 is 22.6 Å². The molecule has 0 N–H and O–H groups in total. The summed E-state index contributed by atoms with van der Waals surface area (Å²) in [5.41, 5.74) is 1.74. The van der Waals surface area contributed by atoms with Crippen molar-refractivity contribution in [2.45, 2.75) is 13.0 Å². The summed E-state index contributed by atoms with van der Waals surface area (Å²) >= 11 is 2.36. The van der Waals surface area contributed by atoms with Crippen molar-refractivity contribution >= 4 is 39.8 Å². The summed E-state index contributed by atoms with van der Waals surface area (Å²) in [5.74, 6) is 1.48. The number of aldehydes is 1. The second-order valence-corrected chi connectivity index (χ2v) is 5.24. The molecule has 0 saturated heterocycles. The molecule has 4 nitrogen and oxygen atoms in total. The first-order valence-corrected chi connectivity index (χ1v) is 7.29. The molecule has 0 spiro atoms. The zero-order valence-electron chi connectivity index (χ0n) is 9.69. The predicted molar refractivity (Wildman–Crippen MR) is 77.0 cm³/mol. The molecule has 2 heterocycles. The summed E-state index contributed by atoms with van der Waals surface area (Å²) in [6, 6.07) is 3.85. The number of carbonyl (C=O) groups excluding carboxylic acids is 1. The number of carbonyl (C=O) groups is 1. The second-order valence-electron chi connectivity index (χ2n) is 4.16. The Morgan fingerprint density at radius 2 is 2.11 bits per heavy atom. The van der Waals surface area contributed by atoms with Crippen molar-refractivity contribution in [1.82, 2.24) is 4.57 Å². The van der Waals surface area contributed by atoms with Crippen LogP contribution in [-0.2, 0) is 6.54 Å². The van der Waals surface area contributed by atoms with Gasteiger partial charge in [0.25, 0.3) is 0 Å². The average Bonchev–Trinajstić information content (AvgIpc) is 2.97. The minimum absolute atomic E-state index is 0.256. The third kappa shape index (κ3) is 1.86. The van der Waals surface area contributed by atoms with E-state index >= 15 is 0 Å². The number of benzene rings is 1. The van der Waals surface area contributed by atoms with Crippen LogP contribution in [0.2, 0.25) is 0 Å². The fourth-order valence-corrected chi connectivity index (χ4v) is 2.56. The lowest BCUT2D eigenvalue weighted by molar-refractivity contribution is 0.112. The highest BCUT2D eigenvalue weighted by atomic mass is 127. The maximum Gasteiger partial charge on any atom is 0.231 e. The lowest BCUT2D eigenvalue weighted by atomic mass is 10.1. The molecule has 0 radical (unpaired) electrons. The van der Waals surface area contributed by atoms with Gasteiger partial charge in [0.05, 0.1) is 5.52 Å². The fraction of sp³-hybridized carbons (Fsp3) is 0.308. The Morgan fingerprint density at radius 1 is 1.33 bits per heavy atom. The van der Waals surface area contributed by atoms with Gasteiger partial charge in [-0.2, -0.15) is 0 Å². The van der Waals surface area contributed by atoms with E-state index in [-0.39, 0.29) is 6.79 Å². The summed E-state index contributed by atoms with van der Waals surface area (Å²) in [5, 5.41) is 0.933. The Hall–Kier alpha value is -1.24. The Labute approximate surface area is 118 Å². The van der Waals surface area contributed by atoms with Crippen molar-refractivity contribution in [2.24, 2.45) is 0 Å². The molecule has 0 atom stereocenters. The quantitative estimate of drug-likeness (QED) is 0.480. The maximum atomic E-state index is 11.1. The smallest absolute Gasteiger partial charge is 0.231 e. The first kappa shape index (κ1) is 11.8. The lowest BCUT2D eigenvalue weighted by Gasteiger charge is -2.04. The van der Waals surface area contributed by atoms with Gasteiger partial charge in [-0.25, -0.2) is 0 Å². The number of ether oxygens (including phenoxy) is 2. The number of hydrogen-bond donors (Lipinski definition) is 0. The van der Waals surface area contributed by atoms with Crippen molar-refractivity contribution in [2.75, 3.05) is 11.2 Å². The van der Waals surface area contributed by atoms with Gasteiger partial charge in [0, 0.05) is 34.2 Å². The minimum Gasteiger partial charge on any atom is -0.454 e. The van der Waals surface area contributed by atoms with Crippen LogP contribution in [0, 0.1) is 0 Å². The molecule has 0 fully saturated rings. The van der Waals surface area contributed by atoms with Crippen LogP contribution in [0.4, 0.5) is 0 Å². The van der Waals surface area contributed by atoms with E-state index in [9.17, 15) is 4.79 Å². The average molecular weight is 357 g/mol. The maximum absolute atomic E-state index is 11.1. The van der Waals surface area contributed by atoms with Crippen LogP contribution in [0.15, 0.2) is 18.3 Å². The van der Waals surface area contributed by atoms with Crippen LogP contribution in [0.3, 0.4) is 0 Å². The van der Waals surface area contributed by atoms with Crippen molar-refractivity contribution in [3.05, 3.63) is 23.9 Å². The Balaban J connectivity index is 2.15. The summed E-state index contributed by atoms with van der Waals surface area (Å²) in [4.78, 5) is 11.1. The topological polar surface area (TPSA) is 40.5 Å². The normalized spacial score (nSPS) is 13.2. The standard InChI is InChI=1S/C13H12INO3/c14-2-1-3-15-6-9(7-16)10-4-12-13(5-11(10)15)18-8-17-12/h4-7H,1-3,8H2. The molecule has 1 aromatic carbocycles. The molecule has 1 aliphatic heterocycles. The van der Waals surface area contributed by atoms with Crippen LogP contribution in [0.1, 0.15) is 16.8 Å². The van der Waals surface area contributed by atoms with E-state index in [0.29, 0.717) is 5.56 Å². The third-order valence-corrected chi connectivity index (χ3v) is 3.83. The Kier molecular flexibility index (Phi) is 3.15. The lowest BCUT2D eigenvalue weighted by Crippen LogP contribution is -1.96. The van der Waals surface area contributed by atoms with E-state index in [1.807, 2.05) is 18.3 Å². The second kappa shape index (κ2) is 4.79. The number of rotatable bonds is 4. The summed E-state index contributed by atoms with van der Waals surface area (Å²) in [6.07, 6.45) is 3.88. The predicted octanol–water partition coefficient (Wildman–Crippen LogP) is 3.01. The van der Waals surface area contributed by atoms with E-state index in [0.717, 1.165) is 46.1 Å². The molecule has 1 aliphatic rings. The van der Waals surface area contributed by atoms with Crippen molar-refractivity contribution in [3.63, 3.8) is 0 Å². The van der Waals surface area contributed by atoms with Gasteiger partial charge in [0.1, 0.15) is 0 Å². The molecular formula is C13H12INO3. The number of fused-ring (bicyclic) bond motifs is 2. The number of halogens is 1. The monoisotopic (exact) mass is 357 g/mol. The first-order chi connectivity index (χ1) is 8.83. The summed E-state index contributed by atoms with van der Waals surface area (Å²) in [7, 11) is 0. The van der Waals surface area contributed by atoms with Gasteiger partial charge in [-0.1, -0.05) is 22.6 Å². The molecule has 2 aromatic rings. The van der Waals surface area contributed by atoms with Crippen molar-refractivity contribution in [3.8, 4) is 11.5 Å². The van der Waals surface area contributed by atoms with Gasteiger partial charge in [0.15, 0.2) is 17.8 Å². The number of alkyl halides is 1. The fourth-order valence-electron chi connectivity index (χ4n) is 2.22. The Morgan fingerprint density at radius 3 is 2.83 bits per heavy atom. The van der Waals surface area contributed by atoms with Crippen LogP contribution in [0.5, 0.6) is 11.5 Å². The number of hydrogen-bond acceptors (Lipinski definition) is 3. The van der Waals surface area contributed by atoms with Gasteiger partial charge in [-0.15, -0.1) is 0 Å². The Bertz CT molecular complexity index is 606. The molecule has 5 heteroatoms. The van der Waals surface area contributed by atoms with Gasteiger partial charge in [0.2, 0.25) is 6.79 Å². The van der Waals surface area contributed by atoms with Crippen LogP contribution < -0.4 is 9.47 Å². The molecule has 0 aliphatic carbocycles. The molecule has 0 amide bonds. The summed E-state index contributed by atoms with van der Waals surface area (Å²) in [6.45, 7) is 1.17. The van der Waals surface area contributed by atoms with Crippen LogP contribution in [0.25, 0.3) is 10.9 Å². The van der Waals surface area contributed by atoms with Gasteiger partial charge < -0.3 is 14.0 Å². The molecule has 0 bridgehead atoms. The first-order valence-electron chi connectivity index (χ1n) is 5.77. The largest absolute Gasteiger partial charge is 0.454 e. The third-order valence-electron chi connectivity index (χ3n) is 3.07. The van der Waals surface area contributed by atoms with Crippen LogP contribution in [-0.4, -0.2) is 22.1 Å². The molecule has 0 saturated carbocycles. The number of aryl methyl sites for hydroxylation is 1. The molecule has 1 aromatic heterocycles. The highest BCUT2D eigenvalue weighted by Gasteiger charge is 2.18. The molecule has 0 unspecified atom stereocenters. The van der Waals surface area contributed by atoms with Gasteiger partial charge in [-0.3, -0.25) is 4.79 Å². The van der Waals surface area contributed by atoms with Crippen molar-refractivity contribution < 1.29 is 14.3 Å². The molecule has 18 heavy (non-hydrogen) atoms. The number of aromatic nitrogens is 1. The SMILES string of the molecule is O=Cc1cn(CCCI)c2cc3c(cc12)OCO3. The minimum atomic E-state index is 0.256. The summed E-state index contributed by atoms with van der Waals surface area (Å²) < 4.78 is 13.9. The van der Waals surface area contributed by atoms with Gasteiger partial charge >= 0.3 is 0 Å². The molecule has 94 valence electrons. The molecular weight excluding hydrogens is 345 g/mol. The zero-order chi connectivity index (χ0) is 12.5. The van der Waals surface area contributed by atoms with E-state index in [4.69, 9.17) is 9.47 Å². The van der Waals surface area contributed by atoms with Crippen molar-refractivity contribution in [1.29, 1.82) is 0 Å². The number of nitrogens with zero attached hydrogens (tertiary/aromatic N) is 1. The highest BCUT2D eigenvalue weighted by Crippen LogP contribution is 2.37. The zero-order valence-corrected chi connectivity index (χ0v) is 11.8. The molecule has 3 rings (SSSR count). The van der Waals surface area contributed by atoms with E-state index in [1.165, 1.54) is 0 Å². The van der Waals surface area contributed by atoms with Gasteiger partial charge in [-0.05, 0) is 12.5 Å². The highest BCUT2D eigenvalue weighted by molar-refractivity contribution is 14.1.